The van der Waals surface area contributed by atoms with E-state index in [1.54, 1.807) is 16.8 Å². The number of pyridine rings is 1. The highest BCUT2D eigenvalue weighted by Crippen LogP contribution is 2.15. The summed E-state index contributed by atoms with van der Waals surface area (Å²) in [6, 6.07) is 11.9. The van der Waals surface area contributed by atoms with Crippen molar-refractivity contribution in [1.29, 1.82) is 0 Å². The number of nitrogens with two attached hydrogens (primary N) is 1. The molecular formula is C17H21N3O. The van der Waals surface area contributed by atoms with E-state index in [-0.39, 0.29) is 5.56 Å². The summed E-state index contributed by atoms with van der Waals surface area (Å²) in [7, 11) is 0. The van der Waals surface area contributed by atoms with Crippen LogP contribution in [0.25, 0.3) is 0 Å². The van der Waals surface area contributed by atoms with Crippen LogP contribution in [0.5, 0.6) is 0 Å². The Morgan fingerprint density at radius 2 is 1.62 bits per heavy atom. The number of rotatable bonds is 3. The summed E-state index contributed by atoms with van der Waals surface area (Å²) < 4.78 is 1.70. The van der Waals surface area contributed by atoms with E-state index in [2.05, 4.69) is 29.2 Å². The number of benzene rings is 1. The van der Waals surface area contributed by atoms with Gasteiger partial charge in [0.05, 0.1) is 0 Å². The molecule has 0 spiro atoms. The molecule has 2 aromatic rings. The van der Waals surface area contributed by atoms with E-state index in [9.17, 15) is 4.79 Å². The lowest BCUT2D eigenvalue weighted by Crippen LogP contribution is -2.32. The maximum Gasteiger partial charge on any atom is 0.250 e. The third kappa shape index (κ3) is 3.34. The molecule has 0 bridgehead atoms. The van der Waals surface area contributed by atoms with Crippen LogP contribution in [0.3, 0.4) is 0 Å². The Morgan fingerprint density at radius 3 is 2.29 bits per heavy atom. The van der Waals surface area contributed by atoms with E-state index >= 15 is 0 Å². The third-order valence-electron chi connectivity index (χ3n) is 4.18. The zero-order valence-electron chi connectivity index (χ0n) is 12.2. The van der Waals surface area contributed by atoms with Gasteiger partial charge in [0.1, 0.15) is 0 Å². The summed E-state index contributed by atoms with van der Waals surface area (Å²) in [5.41, 5.74) is 9.32. The topological polar surface area (TPSA) is 51.3 Å². The van der Waals surface area contributed by atoms with E-state index in [0.29, 0.717) is 12.2 Å². The van der Waals surface area contributed by atoms with Crippen LogP contribution in [0.1, 0.15) is 11.1 Å². The first-order chi connectivity index (χ1) is 10.2. The Balaban J connectivity index is 1.62. The molecule has 0 atom stereocenters. The Bertz CT molecular complexity index is 651. The first-order valence-electron chi connectivity index (χ1n) is 7.47. The molecule has 1 aromatic carbocycles. The molecule has 21 heavy (non-hydrogen) atoms. The van der Waals surface area contributed by atoms with Crippen LogP contribution in [0.4, 0.5) is 5.69 Å². The van der Waals surface area contributed by atoms with Crippen molar-refractivity contribution in [2.24, 2.45) is 0 Å². The number of aromatic nitrogens is 1. The second-order valence-electron chi connectivity index (χ2n) is 5.60. The van der Waals surface area contributed by atoms with Crippen LogP contribution in [0, 0.1) is 0 Å². The van der Waals surface area contributed by atoms with Crippen molar-refractivity contribution < 1.29 is 0 Å². The summed E-state index contributed by atoms with van der Waals surface area (Å²) in [6.07, 6.45) is 3.90. The molecule has 0 radical (unpaired) electrons. The van der Waals surface area contributed by atoms with Gasteiger partial charge in [0.25, 0.3) is 5.56 Å². The van der Waals surface area contributed by atoms with Crippen molar-refractivity contribution in [2.45, 2.75) is 19.4 Å². The molecule has 4 heteroatoms. The minimum Gasteiger partial charge on any atom is -0.398 e. The molecule has 0 saturated carbocycles. The fourth-order valence-electron chi connectivity index (χ4n) is 2.91. The van der Waals surface area contributed by atoms with Crippen LogP contribution in [-0.4, -0.2) is 29.1 Å². The molecule has 0 unspecified atom stereocenters. The smallest absolute Gasteiger partial charge is 0.250 e. The van der Waals surface area contributed by atoms with E-state index in [4.69, 9.17) is 5.73 Å². The second kappa shape index (κ2) is 6.14. The minimum absolute atomic E-state index is 0.0160. The summed E-state index contributed by atoms with van der Waals surface area (Å²) in [4.78, 5) is 14.2. The van der Waals surface area contributed by atoms with Gasteiger partial charge < -0.3 is 15.2 Å². The Hall–Kier alpha value is -2.07. The fourth-order valence-corrected chi connectivity index (χ4v) is 2.91. The normalized spacial score (nSPS) is 15.4. The number of hydrogen-bond donors (Lipinski definition) is 1. The van der Waals surface area contributed by atoms with Gasteiger partial charge in [-0.05, 0) is 30.0 Å². The SMILES string of the molecule is Nc1ccc(=O)n(CCN2CCc3ccccc3CC2)c1. The maximum atomic E-state index is 11.8. The Kier molecular flexibility index (Phi) is 4.06. The quantitative estimate of drug-likeness (QED) is 0.929. The van der Waals surface area contributed by atoms with Gasteiger partial charge in [-0.15, -0.1) is 0 Å². The molecule has 3 rings (SSSR count). The van der Waals surface area contributed by atoms with Crippen molar-refractivity contribution in [2.75, 3.05) is 25.4 Å². The summed E-state index contributed by atoms with van der Waals surface area (Å²) in [5, 5.41) is 0. The predicted octanol–water partition coefficient (Wildman–Crippen LogP) is 1.53. The highest BCUT2D eigenvalue weighted by atomic mass is 16.1. The monoisotopic (exact) mass is 283 g/mol. The van der Waals surface area contributed by atoms with Crippen molar-refractivity contribution in [3.05, 3.63) is 64.1 Å². The molecule has 0 amide bonds. The van der Waals surface area contributed by atoms with Gasteiger partial charge in [0.2, 0.25) is 0 Å². The van der Waals surface area contributed by atoms with E-state index in [1.807, 2.05) is 0 Å². The van der Waals surface area contributed by atoms with Gasteiger partial charge in [-0.1, -0.05) is 24.3 Å². The third-order valence-corrected chi connectivity index (χ3v) is 4.18. The van der Waals surface area contributed by atoms with Crippen LogP contribution in [0.2, 0.25) is 0 Å². The van der Waals surface area contributed by atoms with E-state index < -0.39 is 0 Å². The first-order valence-corrected chi connectivity index (χ1v) is 7.47. The number of anilines is 1. The molecule has 0 saturated heterocycles. The molecule has 110 valence electrons. The summed E-state index contributed by atoms with van der Waals surface area (Å²) in [6.45, 7) is 3.68. The first kappa shape index (κ1) is 13.9. The number of nitrogen functional groups attached to an aromatic ring is 1. The molecular weight excluding hydrogens is 262 g/mol. The zero-order valence-corrected chi connectivity index (χ0v) is 12.2. The number of nitrogens with zero attached hydrogens (tertiary/aromatic N) is 2. The van der Waals surface area contributed by atoms with Crippen molar-refractivity contribution in [3.63, 3.8) is 0 Å². The summed E-state index contributed by atoms with van der Waals surface area (Å²) >= 11 is 0. The van der Waals surface area contributed by atoms with Gasteiger partial charge >= 0.3 is 0 Å². The highest BCUT2D eigenvalue weighted by Gasteiger charge is 2.13. The lowest BCUT2D eigenvalue weighted by atomic mass is 10.0. The predicted molar refractivity (Wildman–Crippen MR) is 85.4 cm³/mol. The van der Waals surface area contributed by atoms with E-state index in [0.717, 1.165) is 32.5 Å². The van der Waals surface area contributed by atoms with Crippen molar-refractivity contribution in [3.8, 4) is 0 Å². The molecule has 1 aliphatic heterocycles. The lowest BCUT2D eigenvalue weighted by Gasteiger charge is -2.20. The minimum atomic E-state index is 0.0160. The van der Waals surface area contributed by atoms with Gasteiger partial charge in [0.15, 0.2) is 0 Å². The molecule has 1 aromatic heterocycles. The molecule has 4 nitrogen and oxygen atoms in total. The number of fused-ring (bicyclic) bond motifs is 1. The van der Waals surface area contributed by atoms with Crippen LogP contribution < -0.4 is 11.3 Å². The number of hydrogen-bond acceptors (Lipinski definition) is 3. The van der Waals surface area contributed by atoms with Gasteiger partial charge in [-0.3, -0.25) is 4.79 Å². The Labute approximate surface area is 124 Å². The van der Waals surface area contributed by atoms with Crippen LogP contribution in [-0.2, 0) is 19.4 Å². The largest absolute Gasteiger partial charge is 0.398 e. The van der Waals surface area contributed by atoms with Crippen molar-refractivity contribution in [1.82, 2.24) is 9.47 Å². The maximum absolute atomic E-state index is 11.8. The van der Waals surface area contributed by atoms with Crippen LogP contribution in [0.15, 0.2) is 47.4 Å². The average molecular weight is 283 g/mol. The van der Waals surface area contributed by atoms with Gasteiger partial charge in [-0.2, -0.15) is 0 Å². The molecule has 2 heterocycles. The molecule has 2 N–H and O–H groups in total. The lowest BCUT2D eigenvalue weighted by molar-refractivity contribution is 0.274. The van der Waals surface area contributed by atoms with Gasteiger partial charge in [0, 0.05) is 44.1 Å². The zero-order chi connectivity index (χ0) is 14.7. The summed E-state index contributed by atoms with van der Waals surface area (Å²) in [5.74, 6) is 0. The molecule has 0 aliphatic carbocycles. The highest BCUT2D eigenvalue weighted by molar-refractivity contribution is 5.33. The fraction of sp³-hybridized carbons (Fsp3) is 0.353. The Morgan fingerprint density at radius 1 is 0.952 bits per heavy atom. The second-order valence-corrected chi connectivity index (χ2v) is 5.60. The van der Waals surface area contributed by atoms with E-state index in [1.165, 1.54) is 17.2 Å². The van der Waals surface area contributed by atoms with Crippen molar-refractivity contribution >= 4 is 5.69 Å². The van der Waals surface area contributed by atoms with Gasteiger partial charge in [-0.25, -0.2) is 0 Å². The average Bonchev–Trinajstić information content (AvgIpc) is 2.71. The molecule has 1 aliphatic rings. The van der Waals surface area contributed by atoms with Crippen LogP contribution >= 0.6 is 0 Å². The standard InChI is InChI=1S/C17H21N3O/c18-16-5-6-17(21)20(13-16)12-11-19-9-7-14-3-1-2-4-15(14)8-10-19/h1-6,13H,7-12,18H2. The molecule has 0 fully saturated rings.